The van der Waals surface area contributed by atoms with Gasteiger partial charge in [-0.2, -0.15) is 0 Å². The molecule has 3 nitrogen and oxygen atoms in total. The summed E-state index contributed by atoms with van der Waals surface area (Å²) in [5, 5.41) is 12.3. The van der Waals surface area contributed by atoms with Crippen molar-refractivity contribution in [1.29, 1.82) is 0 Å². The summed E-state index contributed by atoms with van der Waals surface area (Å²) in [5.74, 6) is -0.0693. The maximum absolute atomic E-state index is 11.7. The van der Waals surface area contributed by atoms with Crippen molar-refractivity contribution in [2.75, 3.05) is 6.54 Å². The normalized spacial score (nSPS) is 12.8. The molecule has 0 aliphatic heterocycles. The van der Waals surface area contributed by atoms with Gasteiger partial charge in [0.05, 0.1) is 16.0 Å². The monoisotopic (exact) mass is 295 g/mol. The smallest absolute Gasteiger partial charge is 0.253 e. The molecule has 2 N–H and O–H groups in total. The third-order valence-corrected chi connectivity index (χ3v) is 3.88. The molecule has 1 unspecified atom stereocenters. The number of carbonyl (C=O) groups excluding carboxylic acids is 1. The van der Waals surface area contributed by atoms with E-state index in [2.05, 4.69) is 5.32 Å². The highest BCUT2D eigenvalue weighted by molar-refractivity contribution is 7.20. The Morgan fingerprint density at radius 1 is 1.53 bits per heavy atom. The standard InChI is InChI=1S/C11H15Cl2NO2S/c1-6(2)8(15)3-4-14-11(16)7-5-9(12)17-10(7)13/h5-6,8,15H,3-4H2,1-2H3,(H,14,16). The highest BCUT2D eigenvalue weighted by Crippen LogP contribution is 2.30. The van der Waals surface area contributed by atoms with Gasteiger partial charge in [-0.05, 0) is 18.4 Å². The zero-order valence-electron chi connectivity index (χ0n) is 9.67. The van der Waals surface area contributed by atoms with Gasteiger partial charge in [-0.3, -0.25) is 4.79 Å². The molecular weight excluding hydrogens is 281 g/mol. The summed E-state index contributed by atoms with van der Waals surface area (Å²) in [7, 11) is 0. The Morgan fingerprint density at radius 2 is 2.18 bits per heavy atom. The summed E-state index contributed by atoms with van der Waals surface area (Å²) < 4.78 is 0.874. The van der Waals surface area contributed by atoms with E-state index in [4.69, 9.17) is 23.2 Å². The van der Waals surface area contributed by atoms with Gasteiger partial charge in [-0.1, -0.05) is 37.0 Å². The van der Waals surface area contributed by atoms with Crippen molar-refractivity contribution in [2.24, 2.45) is 5.92 Å². The van der Waals surface area contributed by atoms with E-state index < -0.39 is 6.10 Å². The number of rotatable bonds is 5. The number of hydrogen-bond donors (Lipinski definition) is 2. The first-order valence-corrected chi connectivity index (χ1v) is 6.90. The van der Waals surface area contributed by atoms with Crippen molar-refractivity contribution in [3.63, 3.8) is 0 Å². The first-order chi connectivity index (χ1) is 7.91. The number of hydrogen-bond acceptors (Lipinski definition) is 3. The molecule has 0 saturated heterocycles. The van der Waals surface area contributed by atoms with Gasteiger partial charge in [0.1, 0.15) is 4.34 Å². The molecule has 0 bridgehead atoms. The van der Waals surface area contributed by atoms with Crippen LogP contribution < -0.4 is 5.32 Å². The molecular formula is C11H15Cl2NO2S. The molecule has 96 valence electrons. The van der Waals surface area contributed by atoms with Crippen molar-refractivity contribution < 1.29 is 9.90 Å². The average molecular weight is 296 g/mol. The van der Waals surface area contributed by atoms with E-state index in [1.807, 2.05) is 13.8 Å². The number of aliphatic hydroxyl groups excluding tert-OH is 1. The Labute approximate surface area is 115 Å². The molecule has 0 radical (unpaired) electrons. The van der Waals surface area contributed by atoms with E-state index in [0.717, 1.165) is 11.3 Å². The number of nitrogens with one attached hydrogen (secondary N) is 1. The molecule has 1 atom stereocenters. The SMILES string of the molecule is CC(C)C(O)CCNC(=O)c1cc(Cl)sc1Cl. The minimum atomic E-state index is -0.406. The lowest BCUT2D eigenvalue weighted by molar-refractivity contribution is 0.0920. The number of thiophene rings is 1. The van der Waals surface area contributed by atoms with Crippen LogP contribution in [-0.2, 0) is 0 Å². The third kappa shape index (κ3) is 4.47. The second-order valence-corrected chi connectivity index (χ2v) is 6.38. The van der Waals surface area contributed by atoms with Crippen LogP contribution in [-0.4, -0.2) is 23.7 Å². The van der Waals surface area contributed by atoms with E-state index in [0.29, 0.717) is 27.2 Å². The maximum Gasteiger partial charge on any atom is 0.253 e. The Morgan fingerprint density at radius 3 is 2.65 bits per heavy atom. The summed E-state index contributed by atoms with van der Waals surface area (Å²) in [4.78, 5) is 11.7. The highest BCUT2D eigenvalue weighted by Gasteiger charge is 2.15. The lowest BCUT2D eigenvalue weighted by Crippen LogP contribution is -2.28. The van der Waals surface area contributed by atoms with Gasteiger partial charge in [-0.15, -0.1) is 11.3 Å². The van der Waals surface area contributed by atoms with Crippen LogP contribution in [0.4, 0.5) is 0 Å². The third-order valence-electron chi connectivity index (χ3n) is 2.40. The molecule has 1 aromatic rings. The topological polar surface area (TPSA) is 49.3 Å². The fourth-order valence-corrected chi connectivity index (χ4v) is 2.72. The van der Waals surface area contributed by atoms with Gasteiger partial charge in [0, 0.05) is 6.54 Å². The van der Waals surface area contributed by atoms with Gasteiger partial charge in [-0.25, -0.2) is 0 Å². The van der Waals surface area contributed by atoms with Crippen LogP contribution in [0.2, 0.25) is 8.67 Å². The lowest BCUT2D eigenvalue weighted by atomic mass is 10.0. The number of aliphatic hydroxyl groups is 1. The van der Waals surface area contributed by atoms with E-state index in [1.165, 1.54) is 0 Å². The first kappa shape index (κ1) is 14.8. The minimum absolute atomic E-state index is 0.186. The molecule has 0 saturated carbocycles. The molecule has 1 amide bonds. The van der Waals surface area contributed by atoms with Crippen LogP contribution in [0, 0.1) is 5.92 Å². The minimum Gasteiger partial charge on any atom is -0.393 e. The summed E-state index contributed by atoms with van der Waals surface area (Å²) in [5.41, 5.74) is 0.390. The van der Waals surface area contributed by atoms with Gasteiger partial charge >= 0.3 is 0 Å². The second kappa shape index (κ2) is 6.59. The predicted octanol–water partition coefficient (Wildman–Crippen LogP) is 3.19. The van der Waals surface area contributed by atoms with Gasteiger partial charge in [0.25, 0.3) is 5.91 Å². The highest BCUT2D eigenvalue weighted by atomic mass is 35.5. The summed E-state index contributed by atoms with van der Waals surface area (Å²) in [6.07, 6.45) is 0.121. The molecule has 6 heteroatoms. The summed E-state index contributed by atoms with van der Waals surface area (Å²) >= 11 is 12.8. The summed E-state index contributed by atoms with van der Waals surface area (Å²) in [6, 6.07) is 1.54. The zero-order valence-corrected chi connectivity index (χ0v) is 12.0. The van der Waals surface area contributed by atoms with E-state index in [-0.39, 0.29) is 11.8 Å². The Kier molecular flexibility index (Phi) is 5.73. The maximum atomic E-state index is 11.7. The van der Waals surface area contributed by atoms with Crippen molar-refractivity contribution in [1.82, 2.24) is 5.32 Å². The second-order valence-electron chi connectivity index (χ2n) is 4.09. The molecule has 0 aliphatic carbocycles. The first-order valence-electron chi connectivity index (χ1n) is 5.33. The number of amides is 1. The van der Waals surface area contributed by atoms with Gasteiger partial charge in [0.15, 0.2) is 0 Å². The van der Waals surface area contributed by atoms with Crippen LogP contribution in [0.25, 0.3) is 0 Å². The zero-order chi connectivity index (χ0) is 13.0. The molecule has 1 rings (SSSR count). The molecule has 0 aromatic carbocycles. The Bertz CT molecular complexity index is 393. The van der Waals surface area contributed by atoms with E-state index in [9.17, 15) is 9.90 Å². The van der Waals surface area contributed by atoms with Crippen LogP contribution >= 0.6 is 34.5 Å². The van der Waals surface area contributed by atoms with Gasteiger partial charge < -0.3 is 10.4 Å². The average Bonchev–Trinajstić information content (AvgIpc) is 2.57. The molecule has 0 spiro atoms. The van der Waals surface area contributed by atoms with Gasteiger partial charge in [0.2, 0.25) is 0 Å². The molecule has 0 aliphatic rings. The van der Waals surface area contributed by atoms with Crippen molar-refractivity contribution in [3.05, 3.63) is 20.3 Å². The van der Waals surface area contributed by atoms with E-state index in [1.54, 1.807) is 6.07 Å². The number of halogens is 2. The largest absolute Gasteiger partial charge is 0.393 e. The fraction of sp³-hybridized carbons (Fsp3) is 0.545. The molecule has 1 aromatic heterocycles. The van der Waals surface area contributed by atoms with Crippen LogP contribution in [0.3, 0.4) is 0 Å². The summed E-state index contributed by atoms with van der Waals surface area (Å²) in [6.45, 7) is 4.28. The Hall–Kier alpha value is -0.290. The number of carbonyl (C=O) groups is 1. The molecule has 17 heavy (non-hydrogen) atoms. The predicted molar refractivity (Wildman–Crippen MR) is 72.1 cm³/mol. The molecule has 0 fully saturated rings. The quantitative estimate of drug-likeness (QED) is 0.876. The van der Waals surface area contributed by atoms with Crippen LogP contribution in [0.15, 0.2) is 6.07 Å². The van der Waals surface area contributed by atoms with E-state index >= 15 is 0 Å². The van der Waals surface area contributed by atoms with Crippen molar-refractivity contribution in [2.45, 2.75) is 26.4 Å². The molecule has 1 heterocycles. The van der Waals surface area contributed by atoms with Crippen LogP contribution in [0.5, 0.6) is 0 Å². The van der Waals surface area contributed by atoms with Crippen molar-refractivity contribution >= 4 is 40.4 Å². The fourth-order valence-electron chi connectivity index (χ4n) is 1.26. The lowest BCUT2D eigenvalue weighted by Gasteiger charge is -2.14. The Balaban J connectivity index is 2.43. The van der Waals surface area contributed by atoms with Crippen molar-refractivity contribution in [3.8, 4) is 0 Å². The van der Waals surface area contributed by atoms with Crippen LogP contribution in [0.1, 0.15) is 30.6 Å².